The van der Waals surface area contributed by atoms with Gasteiger partial charge in [-0.3, -0.25) is 9.48 Å². The summed E-state index contributed by atoms with van der Waals surface area (Å²) in [5.74, 6) is -1.15. The third kappa shape index (κ3) is 3.12. The highest BCUT2D eigenvalue weighted by molar-refractivity contribution is 6.02. The van der Waals surface area contributed by atoms with E-state index in [9.17, 15) is 19.5 Å². The second kappa shape index (κ2) is 7.11. The number of carbonyl (C=O) groups excluding carboxylic acids is 1. The molecular weight excluding hydrogens is 346 g/mol. The minimum absolute atomic E-state index is 0.0133. The Balaban J connectivity index is 2.10. The van der Waals surface area contributed by atoms with Gasteiger partial charge in [0.2, 0.25) is 0 Å². The van der Waals surface area contributed by atoms with Crippen LogP contribution < -0.4 is 5.56 Å². The van der Waals surface area contributed by atoms with E-state index in [0.717, 1.165) is 15.8 Å². The minimum atomic E-state index is -1.15. The predicted octanol–water partition coefficient (Wildman–Crippen LogP) is 2.84. The van der Waals surface area contributed by atoms with Crippen LogP contribution in [0.1, 0.15) is 28.4 Å². The van der Waals surface area contributed by atoms with Crippen molar-refractivity contribution in [2.45, 2.75) is 20.4 Å². The number of hydrogen-bond donors (Lipinski definition) is 1. The summed E-state index contributed by atoms with van der Waals surface area (Å²) in [4.78, 5) is 39.0. The van der Waals surface area contributed by atoms with Crippen LogP contribution in [0.25, 0.3) is 10.9 Å². The number of amides is 1. The lowest BCUT2D eigenvalue weighted by Gasteiger charge is -2.22. The highest BCUT2D eigenvalue weighted by Crippen LogP contribution is 2.17. The van der Waals surface area contributed by atoms with Crippen molar-refractivity contribution >= 4 is 22.9 Å². The van der Waals surface area contributed by atoms with Crippen LogP contribution in [0, 0.1) is 6.92 Å². The van der Waals surface area contributed by atoms with Gasteiger partial charge in [0.15, 0.2) is 0 Å². The van der Waals surface area contributed by atoms with E-state index >= 15 is 0 Å². The lowest BCUT2D eigenvalue weighted by Crippen LogP contribution is -2.41. The molecule has 1 amide bonds. The van der Waals surface area contributed by atoms with Gasteiger partial charge in [-0.2, -0.15) is 4.68 Å². The Labute approximate surface area is 156 Å². The van der Waals surface area contributed by atoms with Crippen LogP contribution in [0.5, 0.6) is 0 Å². The molecule has 2 aromatic carbocycles. The summed E-state index contributed by atoms with van der Waals surface area (Å²) >= 11 is 0. The maximum atomic E-state index is 13.1. The number of aromatic nitrogens is 2. The van der Waals surface area contributed by atoms with E-state index in [2.05, 4.69) is 0 Å². The number of carboxylic acids is 1. The Morgan fingerprint density at radius 2 is 1.81 bits per heavy atom. The summed E-state index contributed by atoms with van der Waals surface area (Å²) in [6.45, 7) is 4.58. The molecule has 7 heteroatoms. The van der Waals surface area contributed by atoms with Gasteiger partial charge in [0.25, 0.3) is 5.56 Å². The zero-order chi connectivity index (χ0) is 19.7. The molecule has 0 spiro atoms. The van der Waals surface area contributed by atoms with Crippen molar-refractivity contribution in [3.63, 3.8) is 0 Å². The standard InChI is InChI=1S/C20H21N3O4/c1-4-22(12-14-9-6-5-8-13(14)2)20(27)23-18(24)15-10-7-11-16(19(25)26)17(15)21(23)3/h5-11H,4,12H2,1-3H3,(H,25,26). The molecular formula is C20H21N3O4. The Morgan fingerprint density at radius 3 is 2.44 bits per heavy atom. The number of carboxylic acid groups (broad SMARTS) is 1. The van der Waals surface area contributed by atoms with Crippen molar-refractivity contribution in [2.75, 3.05) is 6.54 Å². The van der Waals surface area contributed by atoms with Gasteiger partial charge in [-0.15, -0.1) is 0 Å². The monoisotopic (exact) mass is 367 g/mol. The van der Waals surface area contributed by atoms with Crippen molar-refractivity contribution in [1.29, 1.82) is 0 Å². The lowest BCUT2D eigenvalue weighted by atomic mass is 10.1. The summed E-state index contributed by atoms with van der Waals surface area (Å²) < 4.78 is 2.32. The van der Waals surface area contributed by atoms with E-state index in [1.54, 1.807) is 4.90 Å². The van der Waals surface area contributed by atoms with Gasteiger partial charge < -0.3 is 10.0 Å². The van der Waals surface area contributed by atoms with Crippen LogP contribution in [0.3, 0.4) is 0 Å². The topological polar surface area (TPSA) is 84.5 Å². The summed E-state index contributed by atoms with van der Waals surface area (Å²) in [7, 11) is 1.52. The number of benzene rings is 2. The molecule has 0 saturated heterocycles. The minimum Gasteiger partial charge on any atom is -0.478 e. The maximum Gasteiger partial charge on any atom is 0.346 e. The first-order valence-electron chi connectivity index (χ1n) is 8.64. The van der Waals surface area contributed by atoms with E-state index in [1.807, 2.05) is 38.1 Å². The molecule has 1 aromatic heterocycles. The van der Waals surface area contributed by atoms with Gasteiger partial charge in [-0.25, -0.2) is 9.59 Å². The Hall–Kier alpha value is -3.35. The Morgan fingerprint density at radius 1 is 1.11 bits per heavy atom. The first-order valence-corrected chi connectivity index (χ1v) is 8.64. The summed E-state index contributed by atoms with van der Waals surface area (Å²) in [6.07, 6.45) is 0. The molecule has 3 aromatic rings. The molecule has 0 aliphatic heterocycles. The fourth-order valence-electron chi connectivity index (χ4n) is 3.24. The molecule has 0 aliphatic carbocycles. The second-order valence-corrected chi connectivity index (χ2v) is 6.37. The Bertz CT molecular complexity index is 1090. The van der Waals surface area contributed by atoms with Crippen LogP contribution in [0.2, 0.25) is 0 Å². The van der Waals surface area contributed by atoms with Gasteiger partial charge in [0.05, 0.1) is 16.5 Å². The van der Waals surface area contributed by atoms with E-state index < -0.39 is 17.6 Å². The van der Waals surface area contributed by atoms with Crippen LogP contribution in [-0.2, 0) is 13.6 Å². The van der Waals surface area contributed by atoms with Crippen molar-refractivity contribution in [1.82, 2.24) is 14.3 Å². The molecule has 0 saturated carbocycles. The van der Waals surface area contributed by atoms with Gasteiger partial charge in [0.1, 0.15) is 0 Å². The second-order valence-electron chi connectivity index (χ2n) is 6.37. The first-order chi connectivity index (χ1) is 12.9. The third-order valence-electron chi connectivity index (χ3n) is 4.77. The maximum absolute atomic E-state index is 13.1. The predicted molar refractivity (Wildman–Crippen MR) is 102 cm³/mol. The Kier molecular flexibility index (Phi) is 4.85. The molecule has 1 heterocycles. The molecule has 0 bridgehead atoms. The van der Waals surface area contributed by atoms with Gasteiger partial charge >= 0.3 is 12.0 Å². The van der Waals surface area contributed by atoms with Crippen LogP contribution in [0.15, 0.2) is 47.3 Å². The molecule has 27 heavy (non-hydrogen) atoms. The summed E-state index contributed by atoms with van der Waals surface area (Å²) in [5.41, 5.74) is 1.74. The number of nitrogens with zero attached hydrogens (tertiary/aromatic N) is 3. The molecule has 1 N–H and O–H groups in total. The number of para-hydroxylation sites is 1. The molecule has 140 valence electrons. The van der Waals surface area contributed by atoms with Crippen LogP contribution in [-0.4, -0.2) is 37.9 Å². The first kappa shape index (κ1) is 18.4. The van der Waals surface area contributed by atoms with Crippen molar-refractivity contribution < 1.29 is 14.7 Å². The van der Waals surface area contributed by atoms with Crippen molar-refractivity contribution in [2.24, 2.45) is 7.05 Å². The van der Waals surface area contributed by atoms with Gasteiger partial charge in [-0.05, 0) is 37.1 Å². The normalized spacial score (nSPS) is 10.9. The number of hydrogen-bond acceptors (Lipinski definition) is 3. The number of rotatable bonds is 4. The number of aromatic carboxylic acids is 1. The number of fused-ring (bicyclic) bond motifs is 1. The summed E-state index contributed by atoms with van der Waals surface area (Å²) in [5, 5.41) is 9.61. The van der Waals surface area contributed by atoms with Crippen LogP contribution in [0.4, 0.5) is 4.79 Å². The third-order valence-corrected chi connectivity index (χ3v) is 4.77. The highest BCUT2D eigenvalue weighted by atomic mass is 16.4. The lowest BCUT2D eigenvalue weighted by molar-refractivity contribution is 0.0698. The molecule has 0 atom stereocenters. The average molecular weight is 367 g/mol. The number of carbonyl (C=O) groups is 2. The quantitative estimate of drug-likeness (QED) is 0.768. The molecule has 0 fully saturated rings. The molecule has 0 radical (unpaired) electrons. The zero-order valence-electron chi connectivity index (χ0n) is 15.5. The smallest absolute Gasteiger partial charge is 0.346 e. The molecule has 0 unspecified atom stereocenters. The van der Waals surface area contributed by atoms with Crippen molar-refractivity contribution in [3.8, 4) is 0 Å². The van der Waals surface area contributed by atoms with E-state index in [0.29, 0.717) is 13.1 Å². The van der Waals surface area contributed by atoms with E-state index in [-0.39, 0.29) is 16.5 Å². The zero-order valence-corrected chi connectivity index (χ0v) is 15.5. The average Bonchev–Trinajstić information content (AvgIpc) is 2.91. The molecule has 3 rings (SSSR count). The van der Waals surface area contributed by atoms with Crippen LogP contribution >= 0.6 is 0 Å². The van der Waals surface area contributed by atoms with Crippen molar-refractivity contribution in [3.05, 3.63) is 69.5 Å². The molecule has 0 aliphatic rings. The fourth-order valence-corrected chi connectivity index (χ4v) is 3.24. The summed E-state index contributed by atoms with van der Waals surface area (Å²) in [6, 6.07) is 11.7. The van der Waals surface area contributed by atoms with Gasteiger partial charge in [0, 0.05) is 20.1 Å². The highest BCUT2D eigenvalue weighted by Gasteiger charge is 2.24. The van der Waals surface area contributed by atoms with Gasteiger partial charge in [-0.1, -0.05) is 30.3 Å². The van der Waals surface area contributed by atoms with E-state index in [4.69, 9.17) is 0 Å². The largest absolute Gasteiger partial charge is 0.478 e. The SMILES string of the molecule is CCN(Cc1ccccc1C)C(=O)n1c(=O)c2cccc(C(=O)O)c2n1C. The number of aryl methyl sites for hydroxylation is 2. The van der Waals surface area contributed by atoms with E-state index in [1.165, 1.54) is 29.9 Å². The molecule has 7 nitrogen and oxygen atoms in total. The fraction of sp³-hybridized carbons (Fsp3) is 0.250.